The van der Waals surface area contributed by atoms with Crippen molar-refractivity contribution in [3.05, 3.63) is 82.3 Å². The molecule has 24 heavy (non-hydrogen) atoms. The molecule has 2 aromatic carbocycles. The highest BCUT2D eigenvalue weighted by molar-refractivity contribution is 7.09. The summed E-state index contributed by atoms with van der Waals surface area (Å²) in [5.41, 5.74) is 4.47. The Hall–Kier alpha value is -2.17. The number of benzene rings is 2. The zero-order chi connectivity index (χ0) is 16.2. The van der Waals surface area contributed by atoms with Crippen LogP contribution in [-0.2, 0) is 13.2 Å². The number of rotatable bonds is 7. The molecule has 4 heteroatoms. The molecule has 122 valence electrons. The number of aromatic nitrogens is 1. The topological polar surface area (TPSA) is 34.1 Å². The van der Waals surface area contributed by atoms with Gasteiger partial charge in [-0.25, -0.2) is 0 Å². The van der Waals surface area contributed by atoms with Crippen molar-refractivity contribution < 1.29 is 4.74 Å². The number of thiazole rings is 1. The van der Waals surface area contributed by atoms with Gasteiger partial charge in [-0.15, -0.1) is 11.3 Å². The zero-order valence-electron chi connectivity index (χ0n) is 13.4. The van der Waals surface area contributed by atoms with Crippen molar-refractivity contribution in [3.8, 4) is 5.75 Å². The zero-order valence-corrected chi connectivity index (χ0v) is 14.2. The molecule has 2 atom stereocenters. The lowest BCUT2D eigenvalue weighted by molar-refractivity contribution is 0.306. The highest BCUT2D eigenvalue weighted by Gasteiger charge is 2.37. The summed E-state index contributed by atoms with van der Waals surface area (Å²) in [6, 6.07) is 19.4. The van der Waals surface area contributed by atoms with E-state index >= 15 is 0 Å². The van der Waals surface area contributed by atoms with Crippen LogP contribution in [0.4, 0.5) is 0 Å². The van der Waals surface area contributed by atoms with Crippen molar-refractivity contribution >= 4 is 11.3 Å². The minimum absolute atomic E-state index is 0.586. The second-order valence-corrected chi connectivity index (χ2v) is 7.11. The lowest BCUT2D eigenvalue weighted by Gasteiger charge is -2.07. The van der Waals surface area contributed by atoms with Crippen molar-refractivity contribution in [2.24, 2.45) is 0 Å². The molecule has 0 spiro atoms. The summed E-state index contributed by atoms with van der Waals surface area (Å²) in [4.78, 5) is 5.41. The van der Waals surface area contributed by atoms with Crippen LogP contribution < -0.4 is 10.1 Å². The summed E-state index contributed by atoms with van der Waals surface area (Å²) in [6.07, 6.45) is 3.15. The number of nitrogens with one attached hydrogen (secondary N) is 1. The summed E-state index contributed by atoms with van der Waals surface area (Å²) in [5.74, 6) is 1.55. The van der Waals surface area contributed by atoms with E-state index in [1.807, 2.05) is 29.9 Å². The third-order valence-corrected chi connectivity index (χ3v) is 5.15. The summed E-state index contributed by atoms with van der Waals surface area (Å²) in [5, 5.41) is 3.61. The van der Waals surface area contributed by atoms with Gasteiger partial charge in [0.15, 0.2) is 0 Å². The lowest BCUT2D eigenvalue weighted by Crippen LogP contribution is -2.16. The first-order chi connectivity index (χ1) is 11.9. The molecule has 0 amide bonds. The predicted octanol–water partition coefficient (Wildman–Crippen LogP) is 4.37. The molecule has 4 rings (SSSR count). The van der Waals surface area contributed by atoms with Gasteiger partial charge in [0.2, 0.25) is 0 Å². The van der Waals surface area contributed by atoms with Gasteiger partial charge in [0.05, 0.1) is 5.51 Å². The van der Waals surface area contributed by atoms with Crippen LogP contribution in [0.2, 0.25) is 0 Å². The van der Waals surface area contributed by atoms with E-state index in [4.69, 9.17) is 4.74 Å². The van der Waals surface area contributed by atoms with Crippen molar-refractivity contribution in [2.45, 2.75) is 31.5 Å². The van der Waals surface area contributed by atoms with Crippen molar-refractivity contribution in [2.75, 3.05) is 0 Å². The first-order valence-electron chi connectivity index (χ1n) is 8.26. The van der Waals surface area contributed by atoms with E-state index in [0.29, 0.717) is 18.6 Å². The monoisotopic (exact) mass is 336 g/mol. The normalized spacial score (nSPS) is 19.2. The lowest BCUT2D eigenvalue weighted by atomic mass is 10.1. The minimum Gasteiger partial charge on any atom is -0.489 e. The molecule has 3 nitrogen and oxygen atoms in total. The van der Waals surface area contributed by atoms with Crippen LogP contribution in [0.1, 0.15) is 28.3 Å². The summed E-state index contributed by atoms with van der Waals surface area (Å²) in [6.45, 7) is 1.53. The van der Waals surface area contributed by atoms with Crippen LogP contribution in [0.25, 0.3) is 0 Å². The Morgan fingerprint density at radius 2 is 1.92 bits per heavy atom. The third kappa shape index (κ3) is 3.83. The predicted molar refractivity (Wildman–Crippen MR) is 97.3 cm³/mol. The van der Waals surface area contributed by atoms with Crippen molar-refractivity contribution in [3.63, 3.8) is 0 Å². The van der Waals surface area contributed by atoms with E-state index in [2.05, 4.69) is 46.7 Å². The van der Waals surface area contributed by atoms with Gasteiger partial charge in [0, 0.05) is 29.6 Å². The standard InChI is InChI=1S/C20H20N2OS/c1-2-4-15(5-3-1)13-23-17-8-6-16(7-9-17)19-10-20(19)22-12-18-11-21-14-24-18/h1-9,11,14,19-20,22H,10,12-13H2. The Bertz CT molecular complexity index is 756. The summed E-state index contributed by atoms with van der Waals surface area (Å²) < 4.78 is 5.85. The molecule has 1 fully saturated rings. The van der Waals surface area contributed by atoms with Crippen LogP contribution in [-0.4, -0.2) is 11.0 Å². The molecule has 1 aliphatic carbocycles. The van der Waals surface area contributed by atoms with Crippen LogP contribution >= 0.6 is 11.3 Å². The minimum atomic E-state index is 0.586. The second kappa shape index (κ2) is 7.16. The highest BCUT2D eigenvalue weighted by atomic mass is 32.1. The van der Waals surface area contributed by atoms with E-state index in [-0.39, 0.29) is 0 Å². The maximum Gasteiger partial charge on any atom is 0.119 e. The molecular weight excluding hydrogens is 316 g/mol. The fourth-order valence-electron chi connectivity index (χ4n) is 2.90. The molecule has 0 radical (unpaired) electrons. The average Bonchev–Trinajstić information content (AvgIpc) is 3.23. The summed E-state index contributed by atoms with van der Waals surface area (Å²) >= 11 is 1.71. The molecule has 1 aromatic heterocycles. The van der Waals surface area contributed by atoms with E-state index in [1.54, 1.807) is 11.3 Å². The van der Waals surface area contributed by atoms with Gasteiger partial charge >= 0.3 is 0 Å². The van der Waals surface area contributed by atoms with Gasteiger partial charge in [-0.2, -0.15) is 0 Å². The number of nitrogens with zero attached hydrogens (tertiary/aromatic N) is 1. The smallest absolute Gasteiger partial charge is 0.119 e. The van der Waals surface area contributed by atoms with Gasteiger partial charge in [-0.1, -0.05) is 42.5 Å². The largest absolute Gasteiger partial charge is 0.489 e. The van der Waals surface area contributed by atoms with Gasteiger partial charge in [0.1, 0.15) is 12.4 Å². The maximum atomic E-state index is 5.85. The first-order valence-corrected chi connectivity index (χ1v) is 9.14. The van der Waals surface area contributed by atoms with Gasteiger partial charge in [-0.05, 0) is 29.7 Å². The maximum absolute atomic E-state index is 5.85. The van der Waals surface area contributed by atoms with Gasteiger partial charge in [-0.3, -0.25) is 4.98 Å². The molecule has 1 aliphatic rings. The van der Waals surface area contributed by atoms with Crippen molar-refractivity contribution in [1.29, 1.82) is 0 Å². The van der Waals surface area contributed by atoms with Gasteiger partial charge < -0.3 is 10.1 Å². The molecule has 1 saturated carbocycles. The van der Waals surface area contributed by atoms with E-state index < -0.39 is 0 Å². The fraction of sp³-hybridized carbons (Fsp3) is 0.250. The van der Waals surface area contributed by atoms with Crippen LogP contribution in [0.3, 0.4) is 0 Å². The Kier molecular flexibility index (Phi) is 4.58. The van der Waals surface area contributed by atoms with Crippen LogP contribution in [0, 0.1) is 0 Å². The van der Waals surface area contributed by atoms with Crippen LogP contribution in [0.5, 0.6) is 5.75 Å². The Morgan fingerprint density at radius 3 is 2.67 bits per heavy atom. The first kappa shape index (κ1) is 15.4. The molecule has 2 unspecified atom stereocenters. The molecule has 3 aromatic rings. The number of hydrogen-bond donors (Lipinski definition) is 1. The SMILES string of the molecule is c1ccc(COc2ccc(C3CC3NCc3cncs3)cc2)cc1. The molecular formula is C20H20N2OS. The van der Waals surface area contributed by atoms with E-state index in [9.17, 15) is 0 Å². The van der Waals surface area contributed by atoms with Crippen LogP contribution in [0.15, 0.2) is 66.3 Å². The number of ether oxygens (including phenoxy) is 1. The van der Waals surface area contributed by atoms with E-state index in [0.717, 1.165) is 12.3 Å². The Balaban J connectivity index is 1.27. The molecule has 0 aliphatic heterocycles. The molecule has 0 bridgehead atoms. The van der Waals surface area contributed by atoms with Crippen molar-refractivity contribution in [1.82, 2.24) is 10.3 Å². The van der Waals surface area contributed by atoms with E-state index in [1.165, 1.54) is 22.4 Å². The number of hydrogen-bond acceptors (Lipinski definition) is 4. The quantitative estimate of drug-likeness (QED) is 0.696. The molecule has 0 saturated heterocycles. The average molecular weight is 336 g/mol. The third-order valence-electron chi connectivity index (χ3n) is 4.37. The highest BCUT2D eigenvalue weighted by Crippen LogP contribution is 2.41. The Morgan fingerprint density at radius 1 is 1.08 bits per heavy atom. The second-order valence-electron chi connectivity index (χ2n) is 6.14. The fourth-order valence-corrected chi connectivity index (χ4v) is 3.45. The van der Waals surface area contributed by atoms with Gasteiger partial charge in [0.25, 0.3) is 0 Å². The Labute approximate surface area is 146 Å². The summed E-state index contributed by atoms with van der Waals surface area (Å²) in [7, 11) is 0. The molecule has 1 N–H and O–H groups in total. The molecule has 1 heterocycles.